The van der Waals surface area contributed by atoms with Crippen LogP contribution in [-0.4, -0.2) is 21.4 Å². The van der Waals surface area contributed by atoms with Gasteiger partial charge in [-0.25, -0.2) is 4.68 Å². The maximum atomic E-state index is 5.56. The SMILES string of the molecule is CCOc1ccc(C2CC(c3ccc(CC)cc3)n3ncnc3N2)cc1. The van der Waals surface area contributed by atoms with Crippen LogP contribution in [0.15, 0.2) is 54.9 Å². The molecule has 1 aliphatic rings. The van der Waals surface area contributed by atoms with Crippen LogP contribution in [0.1, 0.15) is 49.0 Å². The van der Waals surface area contributed by atoms with Gasteiger partial charge in [0, 0.05) is 0 Å². The van der Waals surface area contributed by atoms with Crippen LogP contribution in [0, 0.1) is 0 Å². The number of aryl methyl sites for hydroxylation is 1. The number of rotatable bonds is 5. The lowest BCUT2D eigenvalue weighted by molar-refractivity contribution is 0.340. The van der Waals surface area contributed by atoms with Crippen LogP contribution in [0.5, 0.6) is 5.75 Å². The Balaban J connectivity index is 1.63. The number of benzene rings is 2. The van der Waals surface area contributed by atoms with Crippen molar-refractivity contribution >= 4 is 5.95 Å². The molecule has 0 fully saturated rings. The summed E-state index contributed by atoms with van der Waals surface area (Å²) in [6.45, 7) is 4.86. The molecule has 1 aliphatic heterocycles. The van der Waals surface area contributed by atoms with Crippen LogP contribution in [0.2, 0.25) is 0 Å². The van der Waals surface area contributed by atoms with Crippen LogP contribution in [0.4, 0.5) is 5.95 Å². The van der Waals surface area contributed by atoms with Gasteiger partial charge in [0.2, 0.25) is 5.95 Å². The molecule has 0 aliphatic carbocycles. The Hall–Kier alpha value is -2.82. The predicted molar refractivity (Wildman–Crippen MR) is 103 cm³/mol. The molecule has 0 saturated carbocycles. The molecule has 5 nitrogen and oxygen atoms in total. The van der Waals surface area contributed by atoms with Crippen molar-refractivity contribution in [1.29, 1.82) is 0 Å². The number of aromatic nitrogens is 3. The summed E-state index contributed by atoms with van der Waals surface area (Å²) < 4.78 is 7.55. The first-order chi connectivity index (χ1) is 12.8. The van der Waals surface area contributed by atoms with Crippen LogP contribution >= 0.6 is 0 Å². The quantitative estimate of drug-likeness (QED) is 0.743. The van der Waals surface area contributed by atoms with E-state index in [1.54, 1.807) is 6.33 Å². The first-order valence-corrected chi connectivity index (χ1v) is 9.26. The number of nitrogens with one attached hydrogen (secondary N) is 1. The number of hydrogen-bond acceptors (Lipinski definition) is 4. The third-order valence-corrected chi connectivity index (χ3v) is 5.00. The summed E-state index contributed by atoms with van der Waals surface area (Å²) in [5, 5.41) is 7.96. The fourth-order valence-electron chi connectivity index (χ4n) is 3.55. The van der Waals surface area contributed by atoms with E-state index < -0.39 is 0 Å². The van der Waals surface area contributed by atoms with E-state index in [-0.39, 0.29) is 12.1 Å². The highest BCUT2D eigenvalue weighted by atomic mass is 16.5. The fourth-order valence-corrected chi connectivity index (χ4v) is 3.55. The van der Waals surface area contributed by atoms with Gasteiger partial charge < -0.3 is 10.1 Å². The molecule has 1 N–H and O–H groups in total. The van der Waals surface area contributed by atoms with Crippen LogP contribution in [0.25, 0.3) is 0 Å². The van der Waals surface area contributed by atoms with E-state index in [1.807, 2.05) is 23.7 Å². The maximum absolute atomic E-state index is 5.56. The molecular formula is C21H24N4O. The second-order valence-electron chi connectivity index (χ2n) is 6.57. The normalized spacial score (nSPS) is 18.8. The van der Waals surface area contributed by atoms with E-state index in [2.05, 4.69) is 58.7 Å². The third-order valence-electron chi connectivity index (χ3n) is 5.00. The van der Waals surface area contributed by atoms with Crippen molar-refractivity contribution in [3.63, 3.8) is 0 Å². The molecule has 0 radical (unpaired) electrons. The molecule has 0 saturated heterocycles. The Morgan fingerprint density at radius 3 is 2.46 bits per heavy atom. The highest BCUT2D eigenvalue weighted by Crippen LogP contribution is 2.37. The molecule has 2 heterocycles. The lowest BCUT2D eigenvalue weighted by Gasteiger charge is -2.32. The summed E-state index contributed by atoms with van der Waals surface area (Å²) in [6, 6.07) is 17.5. The Morgan fingerprint density at radius 1 is 1.04 bits per heavy atom. The standard InChI is InChI=1S/C21H24N4O/c1-3-15-5-7-17(8-6-15)20-13-19(24-21-22-14-23-25(20)21)16-9-11-18(12-10-16)26-4-2/h5-12,14,19-20H,3-4,13H2,1-2H3,(H,22,23,24). The van der Waals surface area contributed by atoms with E-state index in [1.165, 1.54) is 16.7 Å². The summed E-state index contributed by atoms with van der Waals surface area (Å²) in [5.41, 5.74) is 3.86. The Kier molecular flexibility index (Phi) is 4.61. The van der Waals surface area contributed by atoms with Crippen molar-refractivity contribution in [3.8, 4) is 5.75 Å². The average molecular weight is 348 g/mol. The fraction of sp³-hybridized carbons (Fsp3) is 0.333. The number of fused-ring (bicyclic) bond motifs is 1. The zero-order valence-corrected chi connectivity index (χ0v) is 15.2. The summed E-state index contributed by atoms with van der Waals surface area (Å²) >= 11 is 0. The molecule has 4 rings (SSSR count). The Morgan fingerprint density at radius 2 is 1.77 bits per heavy atom. The molecule has 5 heteroatoms. The van der Waals surface area contributed by atoms with E-state index >= 15 is 0 Å². The van der Waals surface area contributed by atoms with E-state index in [4.69, 9.17) is 4.74 Å². The molecular weight excluding hydrogens is 324 g/mol. The van der Waals surface area contributed by atoms with Gasteiger partial charge in [0.05, 0.1) is 18.7 Å². The number of anilines is 1. The van der Waals surface area contributed by atoms with Gasteiger partial charge in [0.15, 0.2) is 0 Å². The van der Waals surface area contributed by atoms with Gasteiger partial charge in [-0.3, -0.25) is 0 Å². The van der Waals surface area contributed by atoms with Crippen LogP contribution in [-0.2, 0) is 6.42 Å². The Labute approximate surface area is 154 Å². The second-order valence-corrected chi connectivity index (χ2v) is 6.57. The van der Waals surface area contributed by atoms with E-state index in [0.29, 0.717) is 6.61 Å². The minimum absolute atomic E-state index is 0.177. The van der Waals surface area contributed by atoms with Crippen LogP contribution in [0.3, 0.4) is 0 Å². The predicted octanol–water partition coefficient (Wildman–Crippen LogP) is 4.39. The monoisotopic (exact) mass is 348 g/mol. The van der Waals surface area contributed by atoms with Crippen LogP contribution < -0.4 is 10.1 Å². The number of ether oxygens (including phenoxy) is 1. The number of nitrogens with zero attached hydrogens (tertiary/aromatic N) is 3. The van der Waals surface area contributed by atoms with Crippen molar-refractivity contribution in [2.24, 2.45) is 0 Å². The number of hydrogen-bond donors (Lipinski definition) is 1. The summed E-state index contributed by atoms with van der Waals surface area (Å²) in [5.74, 6) is 1.72. The average Bonchev–Trinajstić information content (AvgIpc) is 3.17. The van der Waals surface area contributed by atoms with E-state index in [9.17, 15) is 0 Å². The van der Waals surface area contributed by atoms with Gasteiger partial charge in [0.1, 0.15) is 12.1 Å². The maximum Gasteiger partial charge on any atom is 0.222 e. The molecule has 0 bridgehead atoms. The van der Waals surface area contributed by atoms with Gasteiger partial charge >= 0.3 is 0 Å². The highest BCUT2D eigenvalue weighted by Gasteiger charge is 2.29. The van der Waals surface area contributed by atoms with Crippen molar-refractivity contribution < 1.29 is 4.74 Å². The zero-order chi connectivity index (χ0) is 17.9. The lowest BCUT2D eigenvalue weighted by atomic mass is 9.93. The minimum Gasteiger partial charge on any atom is -0.494 e. The molecule has 2 aromatic carbocycles. The smallest absolute Gasteiger partial charge is 0.222 e. The van der Waals surface area contributed by atoms with Gasteiger partial charge in [-0.1, -0.05) is 43.3 Å². The van der Waals surface area contributed by atoms with Crippen molar-refractivity contribution in [2.75, 3.05) is 11.9 Å². The molecule has 2 unspecified atom stereocenters. The first kappa shape index (κ1) is 16.6. The summed E-state index contributed by atoms with van der Waals surface area (Å²) in [6.07, 6.45) is 3.60. The Bertz CT molecular complexity index is 854. The zero-order valence-electron chi connectivity index (χ0n) is 15.2. The molecule has 0 spiro atoms. The molecule has 0 amide bonds. The van der Waals surface area contributed by atoms with Gasteiger partial charge in [0.25, 0.3) is 0 Å². The third kappa shape index (κ3) is 3.17. The summed E-state index contributed by atoms with van der Waals surface area (Å²) in [7, 11) is 0. The van der Waals surface area contributed by atoms with Gasteiger partial charge in [-0.15, -0.1) is 0 Å². The molecule has 2 atom stereocenters. The summed E-state index contributed by atoms with van der Waals surface area (Å²) in [4.78, 5) is 4.41. The first-order valence-electron chi connectivity index (χ1n) is 9.26. The topological polar surface area (TPSA) is 52.0 Å². The minimum atomic E-state index is 0.177. The van der Waals surface area contributed by atoms with Crippen molar-refractivity contribution in [3.05, 3.63) is 71.5 Å². The second kappa shape index (κ2) is 7.20. The van der Waals surface area contributed by atoms with Crippen molar-refractivity contribution in [1.82, 2.24) is 14.8 Å². The van der Waals surface area contributed by atoms with E-state index in [0.717, 1.165) is 24.5 Å². The van der Waals surface area contributed by atoms with Gasteiger partial charge in [-0.2, -0.15) is 10.1 Å². The highest BCUT2D eigenvalue weighted by molar-refractivity contribution is 5.40. The molecule has 3 aromatic rings. The van der Waals surface area contributed by atoms with Crippen molar-refractivity contribution in [2.45, 2.75) is 38.8 Å². The van der Waals surface area contributed by atoms with Gasteiger partial charge in [-0.05, 0) is 48.6 Å². The largest absolute Gasteiger partial charge is 0.494 e. The molecule has 26 heavy (non-hydrogen) atoms. The molecule has 1 aromatic heterocycles. The molecule has 134 valence electrons. The lowest BCUT2D eigenvalue weighted by Crippen LogP contribution is -2.28.